The average molecular weight is 1220 g/mol. The Balaban J connectivity index is 0.000000184. The van der Waals surface area contributed by atoms with E-state index in [1.807, 2.05) is 84.9 Å². The molecule has 10 aromatic rings. The van der Waals surface area contributed by atoms with Crippen LogP contribution in [0.4, 0.5) is 46.8 Å². The number of fused-ring (bicyclic) bond motifs is 4. The second kappa shape index (κ2) is 28.9. The number of rotatable bonds is 23. The number of anilines is 8. The van der Waals surface area contributed by atoms with Gasteiger partial charge in [0.05, 0.1) is 76.1 Å². The number of nitrogens with zero attached hydrogens (tertiary/aromatic N) is 10. The van der Waals surface area contributed by atoms with Gasteiger partial charge in [-0.2, -0.15) is 29.9 Å². The Bertz CT molecular complexity index is 4050. The third kappa shape index (κ3) is 15.2. The molecule has 5 N–H and O–H groups in total. The molecule has 2 aliphatic heterocycles. The van der Waals surface area contributed by atoms with Crippen LogP contribution in [0.1, 0.15) is 61.9 Å². The zero-order chi connectivity index (χ0) is 61.6. The maximum Gasteiger partial charge on any atom is 0.233 e. The van der Waals surface area contributed by atoms with E-state index in [1.165, 1.54) is 18.4 Å². The molecule has 0 atom stereocenters. The molecule has 6 aromatic carbocycles. The molecule has 0 amide bonds. The molecular weight excluding hydrogens is 1150 g/mol. The Morgan fingerprint density at radius 3 is 1.47 bits per heavy atom. The van der Waals surface area contributed by atoms with E-state index in [0.717, 1.165) is 160 Å². The van der Waals surface area contributed by atoms with Crippen LogP contribution in [0, 0.1) is 6.92 Å². The molecular formula is C67H76ClN15O6. The fourth-order valence-electron chi connectivity index (χ4n) is 11.1. The maximum atomic E-state index is 6.30. The molecule has 89 heavy (non-hydrogen) atoms. The summed E-state index contributed by atoms with van der Waals surface area (Å²) in [6.07, 6.45) is 8.36. The first-order valence-electron chi connectivity index (χ1n) is 30.2. The van der Waals surface area contributed by atoms with Gasteiger partial charge in [0, 0.05) is 115 Å². The van der Waals surface area contributed by atoms with Gasteiger partial charge in [-0.15, -0.1) is 0 Å². The van der Waals surface area contributed by atoms with E-state index in [-0.39, 0.29) is 0 Å². The Morgan fingerprint density at radius 1 is 0.404 bits per heavy atom. The lowest BCUT2D eigenvalue weighted by Gasteiger charge is -2.27. The average Bonchev–Trinajstić information content (AvgIpc) is 1.05. The lowest BCUT2D eigenvalue weighted by Crippen LogP contribution is -2.31. The molecule has 2 saturated heterocycles. The Kier molecular flexibility index (Phi) is 19.8. The summed E-state index contributed by atoms with van der Waals surface area (Å²) in [6.45, 7) is 8.43. The number of aromatic nitrogens is 8. The normalized spacial score (nSPS) is 13.2. The topological polar surface area (TPSA) is 225 Å². The monoisotopic (exact) mass is 1220 g/mol. The summed E-state index contributed by atoms with van der Waals surface area (Å²) in [6, 6.07) is 35.4. The number of hydrogen-bond donors (Lipinski definition) is 5. The standard InChI is InChI=1S/C35H41N7O3.C32H35ClN8O3/c1-23-9-11-28-31(17-23)38-30-12-10-25(43-2)22-29(30)33(28)36-13-8-14-37-34-39-32(40-35(41-34)42-15-6-5-7-16-42)20-24-18-26(44-3)21-27(19-24)45-4;1-42-22-8-10-27-26(19-22)29(25-9-7-20(33)15-28(25)37-27)34-11-12-35-30-38-31(40-32(39-30)41-13-5-4-6-14-41)36-21-16-23(43-2)18-24(17-21)44-3/h9-12,17-19,21-22H,5-8,13-16,20H2,1-4H3,(H,36,38)(H,37,39,40,41);7-10,15-19H,4-6,11-14H2,1-3H3,(H,34,37)(H2,35,36,38,39,40). The van der Waals surface area contributed by atoms with E-state index in [9.17, 15) is 0 Å². The second-order valence-corrected chi connectivity index (χ2v) is 22.3. The third-order valence-corrected chi connectivity index (χ3v) is 15.9. The van der Waals surface area contributed by atoms with Crippen molar-refractivity contribution in [1.82, 2.24) is 39.9 Å². The minimum Gasteiger partial charge on any atom is -0.497 e. The van der Waals surface area contributed by atoms with Crippen LogP contribution < -0.4 is 64.8 Å². The number of halogens is 1. The first-order valence-corrected chi connectivity index (χ1v) is 30.6. The fraction of sp³-hybridized carbons (Fsp3) is 0.343. The maximum absolute atomic E-state index is 6.30. The van der Waals surface area contributed by atoms with Gasteiger partial charge in [-0.05, 0) is 136 Å². The molecule has 2 aliphatic rings. The van der Waals surface area contributed by atoms with Crippen molar-refractivity contribution < 1.29 is 28.4 Å². The Labute approximate surface area is 523 Å². The first kappa shape index (κ1) is 61.0. The van der Waals surface area contributed by atoms with Gasteiger partial charge in [0.15, 0.2) is 0 Å². The van der Waals surface area contributed by atoms with E-state index >= 15 is 0 Å². The van der Waals surface area contributed by atoms with Crippen LogP contribution in [0.3, 0.4) is 0 Å². The molecule has 21 nitrogen and oxygen atoms in total. The van der Waals surface area contributed by atoms with Crippen LogP contribution in [0.5, 0.6) is 34.5 Å². The molecule has 0 spiro atoms. The van der Waals surface area contributed by atoms with E-state index in [2.05, 4.69) is 72.6 Å². The second-order valence-electron chi connectivity index (χ2n) is 21.9. The van der Waals surface area contributed by atoms with Crippen molar-refractivity contribution in [3.63, 3.8) is 0 Å². The van der Waals surface area contributed by atoms with Gasteiger partial charge < -0.3 is 64.8 Å². The number of hydrogen-bond acceptors (Lipinski definition) is 21. The highest BCUT2D eigenvalue weighted by Crippen LogP contribution is 2.37. The molecule has 12 rings (SSSR count). The molecule has 0 saturated carbocycles. The zero-order valence-electron chi connectivity index (χ0n) is 51.5. The molecule has 4 aromatic heterocycles. The van der Waals surface area contributed by atoms with Gasteiger partial charge in [-0.1, -0.05) is 23.7 Å². The summed E-state index contributed by atoms with van der Waals surface area (Å²) >= 11 is 6.30. The Hall–Kier alpha value is -9.63. The van der Waals surface area contributed by atoms with Crippen LogP contribution in [-0.4, -0.2) is 135 Å². The third-order valence-electron chi connectivity index (χ3n) is 15.7. The van der Waals surface area contributed by atoms with Crippen molar-refractivity contribution in [2.75, 3.05) is 131 Å². The van der Waals surface area contributed by atoms with Crippen LogP contribution >= 0.6 is 11.6 Å². The summed E-state index contributed by atoms with van der Waals surface area (Å²) in [5.74, 6) is 7.97. The Morgan fingerprint density at radius 2 is 0.888 bits per heavy atom. The van der Waals surface area contributed by atoms with E-state index < -0.39 is 0 Å². The molecule has 0 aliphatic carbocycles. The van der Waals surface area contributed by atoms with Crippen LogP contribution in [0.25, 0.3) is 43.6 Å². The highest BCUT2D eigenvalue weighted by molar-refractivity contribution is 6.31. The fourth-order valence-corrected chi connectivity index (χ4v) is 11.3. The largest absolute Gasteiger partial charge is 0.497 e. The number of aryl methyl sites for hydroxylation is 1. The molecule has 2 fully saturated rings. The van der Waals surface area contributed by atoms with Crippen LogP contribution in [-0.2, 0) is 6.42 Å². The number of nitrogens with one attached hydrogen (secondary N) is 5. The van der Waals surface area contributed by atoms with Crippen molar-refractivity contribution in [1.29, 1.82) is 0 Å². The van der Waals surface area contributed by atoms with Crippen molar-refractivity contribution >= 4 is 102 Å². The predicted octanol–water partition coefficient (Wildman–Crippen LogP) is 12.9. The van der Waals surface area contributed by atoms with Crippen molar-refractivity contribution in [2.45, 2.75) is 58.3 Å². The SMILES string of the molecule is COc1cc(Cc2nc(NCCCNc3c4ccc(C)cc4nc4ccc(OC)cc34)nc(N3CCCCC3)n2)cc(OC)c1.COc1cc(Nc2nc(NCCNc3c4ccc(Cl)cc4nc4ccc(OC)cc34)nc(N3CCCCC3)n2)cc(OC)c1. The van der Waals surface area contributed by atoms with Crippen molar-refractivity contribution in [2.24, 2.45) is 0 Å². The summed E-state index contributed by atoms with van der Waals surface area (Å²) in [4.78, 5) is 43.0. The van der Waals surface area contributed by atoms with Gasteiger partial charge >= 0.3 is 0 Å². The molecule has 0 bridgehead atoms. The highest BCUT2D eigenvalue weighted by Gasteiger charge is 2.20. The summed E-state index contributed by atoms with van der Waals surface area (Å²) < 4.78 is 32.8. The van der Waals surface area contributed by atoms with Crippen LogP contribution in [0.2, 0.25) is 5.02 Å². The van der Waals surface area contributed by atoms with Gasteiger partial charge in [0.1, 0.15) is 40.3 Å². The van der Waals surface area contributed by atoms with E-state index in [4.69, 9.17) is 74.9 Å². The predicted molar refractivity (Wildman–Crippen MR) is 357 cm³/mol. The van der Waals surface area contributed by atoms with Gasteiger partial charge in [-0.3, -0.25) is 0 Å². The minimum atomic E-state index is 0.432. The number of pyridine rings is 2. The van der Waals surface area contributed by atoms with Gasteiger partial charge in [-0.25, -0.2) is 9.97 Å². The molecule has 22 heteroatoms. The van der Waals surface area contributed by atoms with E-state index in [1.54, 1.807) is 42.7 Å². The number of methoxy groups -OCH3 is 6. The van der Waals surface area contributed by atoms with Crippen LogP contribution in [0.15, 0.2) is 109 Å². The van der Waals surface area contributed by atoms with Gasteiger partial charge in [0.2, 0.25) is 29.7 Å². The van der Waals surface area contributed by atoms with E-state index in [0.29, 0.717) is 72.2 Å². The number of piperidine rings is 2. The summed E-state index contributed by atoms with van der Waals surface area (Å²) in [5.41, 5.74) is 8.56. The number of benzene rings is 6. The minimum absolute atomic E-state index is 0.432. The zero-order valence-corrected chi connectivity index (χ0v) is 52.3. The molecule has 0 unspecified atom stereocenters. The lowest BCUT2D eigenvalue weighted by molar-refractivity contribution is 0.393. The van der Waals surface area contributed by atoms with Gasteiger partial charge in [0.25, 0.3) is 0 Å². The molecule has 462 valence electrons. The smallest absolute Gasteiger partial charge is 0.233 e. The highest BCUT2D eigenvalue weighted by atomic mass is 35.5. The lowest BCUT2D eigenvalue weighted by atomic mass is 10.1. The molecule has 6 heterocycles. The molecule has 0 radical (unpaired) electrons. The quantitative estimate of drug-likeness (QED) is 0.0296. The van der Waals surface area contributed by atoms with Crippen molar-refractivity contribution in [3.05, 3.63) is 131 Å². The number of ether oxygens (including phenoxy) is 6. The van der Waals surface area contributed by atoms with Crippen molar-refractivity contribution in [3.8, 4) is 34.5 Å². The first-order chi connectivity index (χ1) is 43.5. The summed E-state index contributed by atoms with van der Waals surface area (Å²) in [7, 11) is 9.90. The summed E-state index contributed by atoms with van der Waals surface area (Å²) in [5, 5.41) is 22.2.